The highest BCUT2D eigenvalue weighted by atomic mass is 32.1. The topological polar surface area (TPSA) is 55.1 Å². The Kier molecular flexibility index (Phi) is 2.47. The fourth-order valence-electron chi connectivity index (χ4n) is 4.33. The van der Waals surface area contributed by atoms with Crippen LogP contribution in [0.3, 0.4) is 0 Å². The van der Waals surface area contributed by atoms with Crippen molar-refractivity contribution in [2.45, 2.75) is 68.9 Å². The summed E-state index contributed by atoms with van der Waals surface area (Å²) < 4.78 is 2.04. The van der Waals surface area contributed by atoms with Gasteiger partial charge >= 0.3 is 0 Å². The van der Waals surface area contributed by atoms with E-state index in [4.69, 9.17) is 5.10 Å². The van der Waals surface area contributed by atoms with E-state index < -0.39 is 0 Å². The van der Waals surface area contributed by atoms with Gasteiger partial charge in [0.1, 0.15) is 5.01 Å². The standard InChI is InChI=1S/C14H19N5S/c1-2-4-8(3-1)12-16-17-14-19(12)18-13(20-14)10-7-9-5-6-11(10)15-9/h8-11,15H,1-7H2. The van der Waals surface area contributed by atoms with Crippen molar-refractivity contribution in [3.8, 4) is 0 Å². The van der Waals surface area contributed by atoms with E-state index in [9.17, 15) is 0 Å². The van der Waals surface area contributed by atoms with E-state index in [1.54, 1.807) is 11.3 Å². The van der Waals surface area contributed by atoms with Crippen molar-refractivity contribution in [3.05, 3.63) is 10.8 Å². The Hall–Kier alpha value is -1.01. The Morgan fingerprint density at radius 1 is 1.10 bits per heavy atom. The molecule has 0 radical (unpaired) electrons. The van der Waals surface area contributed by atoms with Gasteiger partial charge in [-0.3, -0.25) is 0 Å². The molecule has 3 unspecified atom stereocenters. The number of hydrogen-bond donors (Lipinski definition) is 1. The molecule has 2 aromatic rings. The van der Waals surface area contributed by atoms with Crippen LogP contribution in [0.1, 0.15) is 67.6 Å². The molecule has 1 aliphatic carbocycles. The molecule has 3 atom stereocenters. The van der Waals surface area contributed by atoms with Gasteiger partial charge in [0, 0.05) is 23.9 Å². The minimum atomic E-state index is 0.582. The molecule has 1 saturated carbocycles. The molecular formula is C14H19N5S. The molecule has 1 N–H and O–H groups in total. The lowest BCUT2D eigenvalue weighted by Gasteiger charge is -2.16. The number of aromatic nitrogens is 4. The average Bonchev–Trinajstić information content (AvgIpc) is 3.22. The second-order valence-electron chi connectivity index (χ2n) is 6.56. The summed E-state index contributed by atoms with van der Waals surface area (Å²) in [4.78, 5) is 0.990. The van der Waals surface area contributed by atoms with Gasteiger partial charge < -0.3 is 5.32 Å². The van der Waals surface area contributed by atoms with Crippen LogP contribution in [-0.2, 0) is 0 Å². The number of rotatable bonds is 2. The molecule has 4 heterocycles. The maximum atomic E-state index is 4.89. The number of fused-ring (bicyclic) bond motifs is 3. The lowest BCUT2D eigenvalue weighted by atomic mass is 9.90. The van der Waals surface area contributed by atoms with Crippen LogP contribution in [0.5, 0.6) is 0 Å². The summed E-state index contributed by atoms with van der Waals surface area (Å²) in [5, 5.41) is 18.6. The molecule has 3 fully saturated rings. The molecule has 2 bridgehead atoms. The molecule has 0 aromatic carbocycles. The molecule has 0 amide bonds. The monoisotopic (exact) mass is 289 g/mol. The minimum Gasteiger partial charge on any atom is -0.311 e. The first kappa shape index (κ1) is 11.6. The third kappa shape index (κ3) is 1.61. The Bertz CT molecular complexity index is 641. The summed E-state index contributed by atoms with van der Waals surface area (Å²) >= 11 is 1.75. The SMILES string of the molecule is C1CCC(c2nnc3sc(C4CC5CCC4N5)nn23)C1. The third-order valence-electron chi connectivity index (χ3n) is 5.37. The van der Waals surface area contributed by atoms with Crippen LogP contribution in [0.4, 0.5) is 0 Å². The van der Waals surface area contributed by atoms with Gasteiger partial charge in [-0.25, -0.2) is 0 Å². The minimum absolute atomic E-state index is 0.582. The van der Waals surface area contributed by atoms with E-state index in [0.29, 0.717) is 17.9 Å². The van der Waals surface area contributed by atoms with Gasteiger partial charge in [0.25, 0.3) is 0 Å². The van der Waals surface area contributed by atoms with Gasteiger partial charge in [-0.15, -0.1) is 10.2 Å². The zero-order valence-corrected chi connectivity index (χ0v) is 12.3. The molecule has 0 spiro atoms. The first-order chi connectivity index (χ1) is 9.88. The van der Waals surface area contributed by atoms with Crippen LogP contribution in [-0.4, -0.2) is 31.9 Å². The van der Waals surface area contributed by atoms with Crippen LogP contribution in [0.2, 0.25) is 0 Å². The largest absolute Gasteiger partial charge is 0.311 e. The van der Waals surface area contributed by atoms with E-state index >= 15 is 0 Å². The maximum absolute atomic E-state index is 4.89. The van der Waals surface area contributed by atoms with Gasteiger partial charge in [0.15, 0.2) is 5.82 Å². The molecule has 3 aliphatic rings. The molecule has 20 heavy (non-hydrogen) atoms. The molecule has 2 saturated heterocycles. The summed E-state index contributed by atoms with van der Waals surface area (Å²) in [6.07, 6.45) is 9.07. The second-order valence-corrected chi connectivity index (χ2v) is 7.55. The third-order valence-corrected chi connectivity index (χ3v) is 6.40. The van der Waals surface area contributed by atoms with E-state index in [1.165, 1.54) is 50.0 Å². The van der Waals surface area contributed by atoms with Crippen LogP contribution in [0, 0.1) is 0 Å². The fraction of sp³-hybridized carbons (Fsp3) is 0.786. The van der Waals surface area contributed by atoms with Gasteiger partial charge in [-0.05, 0) is 32.1 Å². The van der Waals surface area contributed by atoms with Crippen molar-refractivity contribution < 1.29 is 0 Å². The quantitative estimate of drug-likeness (QED) is 0.922. The molecular weight excluding hydrogens is 270 g/mol. The van der Waals surface area contributed by atoms with Crippen molar-refractivity contribution >= 4 is 16.3 Å². The van der Waals surface area contributed by atoms with E-state index in [1.807, 2.05) is 4.52 Å². The van der Waals surface area contributed by atoms with Crippen LogP contribution in [0.25, 0.3) is 4.96 Å². The van der Waals surface area contributed by atoms with Gasteiger partial charge in [0.05, 0.1) is 0 Å². The number of hydrogen-bond acceptors (Lipinski definition) is 5. The normalized spacial score (nSPS) is 33.7. The summed E-state index contributed by atoms with van der Waals surface area (Å²) in [5.41, 5.74) is 0. The maximum Gasteiger partial charge on any atom is 0.234 e. The highest BCUT2D eigenvalue weighted by molar-refractivity contribution is 7.16. The van der Waals surface area contributed by atoms with E-state index in [2.05, 4.69) is 15.5 Å². The molecule has 5 rings (SSSR count). The number of nitrogens with one attached hydrogen (secondary N) is 1. The van der Waals surface area contributed by atoms with Gasteiger partial charge in [0.2, 0.25) is 4.96 Å². The lowest BCUT2D eigenvalue weighted by Crippen LogP contribution is -2.21. The summed E-state index contributed by atoms with van der Waals surface area (Å²) in [7, 11) is 0. The highest BCUT2D eigenvalue weighted by Crippen LogP contribution is 2.41. The summed E-state index contributed by atoms with van der Waals surface area (Å²) in [6.45, 7) is 0. The number of nitrogens with zero attached hydrogens (tertiary/aromatic N) is 4. The first-order valence-corrected chi connectivity index (χ1v) is 8.68. The van der Waals surface area contributed by atoms with Crippen molar-refractivity contribution in [2.75, 3.05) is 0 Å². The molecule has 2 aromatic heterocycles. The van der Waals surface area contributed by atoms with Gasteiger partial charge in [-0.2, -0.15) is 9.61 Å². The zero-order chi connectivity index (χ0) is 13.1. The van der Waals surface area contributed by atoms with Crippen molar-refractivity contribution in [1.82, 2.24) is 25.1 Å². The van der Waals surface area contributed by atoms with Crippen LogP contribution >= 0.6 is 11.3 Å². The fourth-order valence-corrected chi connectivity index (χ4v) is 5.36. The Labute approximate surface area is 121 Å². The first-order valence-electron chi connectivity index (χ1n) is 7.86. The molecule has 5 nitrogen and oxygen atoms in total. The molecule has 6 heteroatoms. The molecule has 2 aliphatic heterocycles. The predicted octanol–water partition coefficient (Wildman–Crippen LogP) is 2.45. The summed E-state index contributed by atoms with van der Waals surface area (Å²) in [6, 6.07) is 1.38. The predicted molar refractivity (Wildman–Crippen MR) is 77.2 cm³/mol. The zero-order valence-electron chi connectivity index (χ0n) is 11.5. The Morgan fingerprint density at radius 3 is 2.75 bits per heavy atom. The van der Waals surface area contributed by atoms with Crippen molar-refractivity contribution in [2.24, 2.45) is 0 Å². The summed E-state index contributed by atoms with van der Waals surface area (Å²) in [5.74, 6) is 2.30. The smallest absolute Gasteiger partial charge is 0.234 e. The van der Waals surface area contributed by atoms with E-state index in [0.717, 1.165) is 16.8 Å². The second kappa shape index (κ2) is 4.24. The Morgan fingerprint density at radius 2 is 2.00 bits per heavy atom. The van der Waals surface area contributed by atoms with Gasteiger partial charge in [-0.1, -0.05) is 24.2 Å². The lowest BCUT2D eigenvalue weighted by molar-refractivity contribution is 0.498. The highest BCUT2D eigenvalue weighted by Gasteiger charge is 2.41. The van der Waals surface area contributed by atoms with Crippen LogP contribution < -0.4 is 5.32 Å². The Balaban J connectivity index is 1.52. The van der Waals surface area contributed by atoms with Crippen molar-refractivity contribution in [1.29, 1.82) is 0 Å². The average molecular weight is 289 g/mol. The van der Waals surface area contributed by atoms with Crippen LogP contribution in [0.15, 0.2) is 0 Å². The van der Waals surface area contributed by atoms with E-state index in [-0.39, 0.29) is 0 Å². The van der Waals surface area contributed by atoms with Crippen molar-refractivity contribution in [3.63, 3.8) is 0 Å². The molecule has 106 valence electrons.